The molecule has 1 N–H and O–H groups in total. The lowest BCUT2D eigenvalue weighted by atomic mass is 10.1. The van der Waals surface area contributed by atoms with E-state index in [0.29, 0.717) is 22.6 Å². The number of rotatable bonds is 8. The van der Waals surface area contributed by atoms with Crippen molar-refractivity contribution in [3.63, 3.8) is 0 Å². The summed E-state index contributed by atoms with van der Waals surface area (Å²) in [6.07, 6.45) is 3.07. The van der Waals surface area contributed by atoms with Crippen LogP contribution in [0.2, 0.25) is 0 Å². The number of hydrogen-bond donors (Lipinski definition) is 1. The standard InChI is InChI=1S/C24H21N5O5S/c1-17-8-13-22(14-23(17)29(30)31)35(32,33)27-25-15-19-16-28(20-6-4-3-5-7-20)26-24(19)18-9-11-21(34-2)12-10-18/h3-16,27H,1-2H3/b25-15-. The van der Waals surface area contributed by atoms with Gasteiger partial charge < -0.3 is 4.74 Å². The molecule has 1 heterocycles. The molecule has 0 fully saturated rings. The van der Waals surface area contributed by atoms with Crippen LogP contribution < -0.4 is 9.57 Å². The number of aromatic nitrogens is 2. The summed E-state index contributed by atoms with van der Waals surface area (Å²) < 4.78 is 32.2. The fourth-order valence-electron chi connectivity index (χ4n) is 3.34. The van der Waals surface area contributed by atoms with E-state index in [2.05, 4.69) is 15.0 Å². The van der Waals surface area contributed by atoms with E-state index in [1.54, 1.807) is 30.1 Å². The maximum absolute atomic E-state index is 12.7. The second-order valence-electron chi connectivity index (χ2n) is 7.50. The molecule has 0 saturated heterocycles. The quantitative estimate of drug-likeness (QED) is 0.225. The van der Waals surface area contributed by atoms with Crippen LogP contribution in [0, 0.1) is 17.0 Å². The number of nitrogens with one attached hydrogen (secondary N) is 1. The second kappa shape index (κ2) is 9.77. The largest absolute Gasteiger partial charge is 0.497 e. The predicted molar refractivity (Wildman–Crippen MR) is 131 cm³/mol. The Bertz CT molecular complexity index is 1500. The third-order valence-corrected chi connectivity index (χ3v) is 6.41. The zero-order valence-corrected chi connectivity index (χ0v) is 19.6. The van der Waals surface area contributed by atoms with Crippen LogP contribution in [0.25, 0.3) is 16.9 Å². The van der Waals surface area contributed by atoms with Crippen LogP contribution >= 0.6 is 0 Å². The first kappa shape index (κ1) is 23.6. The topological polar surface area (TPSA) is 129 Å². The molecule has 0 saturated carbocycles. The van der Waals surface area contributed by atoms with Crippen molar-refractivity contribution in [3.05, 3.63) is 100 Å². The maximum Gasteiger partial charge on any atom is 0.276 e. The number of hydrogen-bond acceptors (Lipinski definition) is 7. The van der Waals surface area contributed by atoms with Gasteiger partial charge in [-0.25, -0.2) is 9.51 Å². The Morgan fingerprint density at radius 1 is 1.09 bits per heavy atom. The van der Waals surface area contributed by atoms with Crippen molar-refractivity contribution in [2.24, 2.45) is 5.10 Å². The van der Waals surface area contributed by atoms with Gasteiger partial charge in [-0.3, -0.25) is 10.1 Å². The highest BCUT2D eigenvalue weighted by Gasteiger charge is 2.19. The van der Waals surface area contributed by atoms with Gasteiger partial charge in [0.1, 0.15) is 11.4 Å². The molecular weight excluding hydrogens is 470 g/mol. The first-order valence-electron chi connectivity index (χ1n) is 10.4. The smallest absolute Gasteiger partial charge is 0.276 e. The molecule has 0 radical (unpaired) electrons. The van der Waals surface area contributed by atoms with Gasteiger partial charge in [0.25, 0.3) is 15.7 Å². The van der Waals surface area contributed by atoms with Crippen LogP contribution in [0.5, 0.6) is 5.75 Å². The van der Waals surface area contributed by atoms with Gasteiger partial charge in [-0.2, -0.15) is 18.6 Å². The van der Waals surface area contributed by atoms with Gasteiger partial charge in [0.05, 0.1) is 28.8 Å². The molecule has 178 valence electrons. The van der Waals surface area contributed by atoms with Crippen LogP contribution in [-0.4, -0.2) is 36.4 Å². The third-order valence-electron chi connectivity index (χ3n) is 5.19. The summed E-state index contributed by atoms with van der Waals surface area (Å²) in [6.45, 7) is 1.53. The zero-order chi connectivity index (χ0) is 25.0. The molecule has 4 rings (SSSR count). The van der Waals surface area contributed by atoms with Crippen LogP contribution in [-0.2, 0) is 10.0 Å². The first-order chi connectivity index (χ1) is 16.8. The minimum atomic E-state index is -4.13. The number of nitro benzene ring substituents is 1. The van der Waals surface area contributed by atoms with E-state index in [4.69, 9.17) is 4.74 Å². The Hall–Kier alpha value is -4.51. The van der Waals surface area contributed by atoms with Crippen LogP contribution in [0.4, 0.5) is 5.69 Å². The summed E-state index contributed by atoms with van der Waals surface area (Å²) in [7, 11) is -2.56. The Labute approximate surface area is 201 Å². The summed E-state index contributed by atoms with van der Waals surface area (Å²) >= 11 is 0. The average Bonchev–Trinajstić information content (AvgIpc) is 3.28. The highest BCUT2D eigenvalue weighted by molar-refractivity contribution is 7.89. The Balaban J connectivity index is 1.67. The van der Waals surface area contributed by atoms with Gasteiger partial charge >= 0.3 is 0 Å². The predicted octanol–water partition coefficient (Wildman–Crippen LogP) is 4.08. The van der Waals surface area contributed by atoms with Crippen LogP contribution in [0.1, 0.15) is 11.1 Å². The van der Waals surface area contributed by atoms with Gasteiger partial charge in [0.2, 0.25) is 0 Å². The molecule has 0 bridgehead atoms. The second-order valence-corrected chi connectivity index (χ2v) is 9.16. The van der Waals surface area contributed by atoms with E-state index in [1.807, 2.05) is 42.5 Å². The van der Waals surface area contributed by atoms with Crippen LogP contribution in [0.3, 0.4) is 0 Å². The number of sulfonamides is 1. The first-order valence-corrected chi connectivity index (χ1v) is 11.9. The SMILES string of the molecule is COc1ccc(-c2nn(-c3ccccc3)cc2/C=N\NS(=O)(=O)c2ccc(C)c([N+](=O)[O-])c2)cc1. The van der Waals surface area contributed by atoms with E-state index in [0.717, 1.165) is 17.3 Å². The summed E-state index contributed by atoms with van der Waals surface area (Å²) in [6, 6.07) is 20.4. The van der Waals surface area contributed by atoms with E-state index >= 15 is 0 Å². The Kier molecular flexibility index (Phi) is 6.60. The monoisotopic (exact) mass is 491 g/mol. The molecular formula is C24H21N5O5S. The molecule has 0 spiro atoms. The molecule has 10 nitrogen and oxygen atoms in total. The van der Waals surface area contributed by atoms with Crippen molar-refractivity contribution >= 4 is 21.9 Å². The van der Waals surface area contributed by atoms with Gasteiger partial charge in [0, 0.05) is 29.0 Å². The van der Waals surface area contributed by atoms with E-state index in [9.17, 15) is 18.5 Å². The molecule has 0 amide bonds. The number of hydrazone groups is 1. The number of para-hydroxylation sites is 1. The fraction of sp³-hybridized carbons (Fsp3) is 0.0833. The number of methoxy groups -OCH3 is 1. The van der Waals surface area contributed by atoms with Gasteiger partial charge in [-0.1, -0.05) is 24.3 Å². The third kappa shape index (κ3) is 5.20. The van der Waals surface area contributed by atoms with E-state index in [-0.39, 0.29) is 10.6 Å². The Morgan fingerprint density at radius 3 is 2.46 bits per heavy atom. The number of aryl methyl sites for hydroxylation is 1. The number of nitrogens with zero attached hydrogens (tertiary/aromatic N) is 4. The lowest BCUT2D eigenvalue weighted by Gasteiger charge is -2.05. The number of ether oxygens (including phenoxy) is 1. The molecule has 0 unspecified atom stereocenters. The summed E-state index contributed by atoms with van der Waals surface area (Å²) in [5.41, 5.74) is 2.79. The molecule has 0 atom stereocenters. The molecule has 3 aromatic carbocycles. The highest BCUT2D eigenvalue weighted by Crippen LogP contribution is 2.25. The highest BCUT2D eigenvalue weighted by atomic mass is 32.2. The maximum atomic E-state index is 12.7. The van der Waals surface area contributed by atoms with Crippen molar-refractivity contribution in [3.8, 4) is 22.7 Å². The molecule has 11 heteroatoms. The summed E-state index contributed by atoms with van der Waals surface area (Å²) in [5, 5.41) is 19.7. The molecule has 0 aliphatic heterocycles. The molecule has 4 aromatic rings. The molecule has 1 aromatic heterocycles. The Morgan fingerprint density at radius 2 is 1.80 bits per heavy atom. The zero-order valence-electron chi connectivity index (χ0n) is 18.8. The van der Waals surface area contributed by atoms with Crippen molar-refractivity contribution in [1.82, 2.24) is 14.6 Å². The lowest BCUT2D eigenvalue weighted by molar-refractivity contribution is -0.385. The molecule has 0 aliphatic carbocycles. The minimum Gasteiger partial charge on any atom is -0.497 e. The van der Waals surface area contributed by atoms with Crippen molar-refractivity contribution in [2.75, 3.05) is 7.11 Å². The van der Waals surface area contributed by atoms with Gasteiger partial charge in [0.15, 0.2) is 0 Å². The minimum absolute atomic E-state index is 0.262. The van der Waals surface area contributed by atoms with Gasteiger partial charge in [-0.05, 0) is 49.4 Å². The summed E-state index contributed by atoms with van der Waals surface area (Å²) in [4.78, 5) is 12.4. The van der Waals surface area contributed by atoms with Crippen molar-refractivity contribution in [1.29, 1.82) is 0 Å². The van der Waals surface area contributed by atoms with Crippen molar-refractivity contribution in [2.45, 2.75) is 11.8 Å². The van der Waals surface area contributed by atoms with E-state index in [1.165, 1.54) is 25.3 Å². The fourth-order valence-corrected chi connectivity index (χ4v) is 4.15. The van der Waals surface area contributed by atoms with Crippen molar-refractivity contribution < 1.29 is 18.1 Å². The number of nitro groups is 1. The average molecular weight is 492 g/mol. The summed E-state index contributed by atoms with van der Waals surface area (Å²) in [5.74, 6) is 0.686. The normalized spacial score (nSPS) is 11.5. The molecule has 0 aliphatic rings. The number of benzene rings is 3. The molecule has 35 heavy (non-hydrogen) atoms. The van der Waals surface area contributed by atoms with Crippen LogP contribution in [0.15, 0.2) is 89.0 Å². The van der Waals surface area contributed by atoms with Gasteiger partial charge in [-0.15, -0.1) is 0 Å². The van der Waals surface area contributed by atoms with E-state index < -0.39 is 14.9 Å². The lowest BCUT2D eigenvalue weighted by Crippen LogP contribution is -2.18.